The molecule has 0 amide bonds. The lowest BCUT2D eigenvalue weighted by molar-refractivity contribution is 0.524. The van der Waals surface area contributed by atoms with E-state index in [2.05, 4.69) is 23.7 Å². The highest BCUT2D eigenvalue weighted by atomic mass is 35.5. The summed E-state index contributed by atoms with van der Waals surface area (Å²) in [6, 6.07) is 9.42. The standard InChI is InChI=1S/C14H15ClFNS/c1-2-13(14-4-3-7-18-14)17-9-10-5-6-11(15)12(16)8-10/h3-8,13,17H,2,9H2,1H3. The van der Waals surface area contributed by atoms with Crippen molar-refractivity contribution in [2.45, 2.75) is 25.9 Å². The molecule has 2 rings (SSSR count). The van der Waals surface area contributed by atoms with E-state index in [0.717, 1.165) is 12.0 Å². The van der Waals surface area contributed by atoms with Gasteiger partial charge in [0.2, 0.25) is 0 Å². The lowest BCUT2D eigenvalue weighted by Gasteiger charge is -2.15. The molecule has 1 aromatic heterocycles. The molecule has 1 aromatic carbocycles. The van der Waals surface area contributed by atoms with E-state index in [-0.39, 0.29) is 10.8 Å². The molecule has 96 valence electrons. The Labute approximate surface area is 116 Å². The zero-order chi connectivity index (χ0) is 13.0. The molecule has 1 nitrogen and oxygen atoms in total. The zero-order valence-electron chi connectivity index (χ0n) is 10.1. The van der Waals surface area contributed by atoms with Crippen LogP contribution < -0.4 is 5.32 Å². The third-order valence-electron chi connectivity index (χ3n) is 2.83. The summed E-state index contributed by atoms with van der Waals surface area (Å²) in [6.07, 6.45) is 1.01. The van der Waals surface area contributed by atoms with Crippen LogP contribution in [0.15, 0.2) is 35.7 Å². The fourth-order valence-corrected chi connectivity index (χ4v) is 2.83. The molecule has 0 aliphatic rings. The summed E-state index contributed by atoms with van der Waals surface area (Å²) in [5, 5.41) is 5.68. The molecular weight excluding hydrogens is 269 g/mol. The topological polar surface area (TPSA) is 12.0 Å². The Balaban J connectivity index is 1.99. The predicted octanol–water partition coefficient (Wildman–Crippen LogP) is 4.78. The molecule has 0 saturated carbocycles. The van der Waals surface area contributed by atoms with E-state index < -0.39 is 0 Å². The van der Waals surface area contributed by atoms with E-state index >= 15 is 0 Å². The van der Waals surface area contributed by atoms with Crippen molar-refractivity contribution in [1.82, 2.24) is 5.32 Å². The van der Waals surface area contributed by atoms with Gasteiger partial charge in [-0.3, -0.25) is 0 Å². The van der Waals surface area contributed by atoms with Gasteiger partial charge < -0.3 is 5.32 Å². The van der Waals surface area contributed by atoms with Gasteiger partial charge in [-0.2, -0.15) is 0 Å². The first kappa shape index (κ1) is 13.5. The van der Waals surface area contributed by atoms with Crippen LogP contribution in [0.2, 0.25) is 5.02 Å². The number of hydrogen-bond acceptors (Lipinski definition) is 2. The molecule has 0 radical (unpaired) electrons. The van der Waals surface area contributed by atoms with Crippen molar-refractivity contribution in [3.8, 4) is 0 Å². The SMILES string of the molecule is CCC(NCc1ccc(Cl)c(F)c1)c1cccs1. The number of rotatable bonds is 5. The second-order valence-corrected chi connectivity index (χ2v) is 5.49. The Hall–Kier alpha value is -0.900. The molecule has 0 spiro atoms. The first-order valence-electron chi connectivity index (χ1n) is 5.91. The largest absolute Gasteiger partial charge is 0.305 e. The molecule has 1 unspecified atom stereocenters. The summed E-state index contributed by atoms with van der Waals surface area (Å²) in [7, 11) is 0. The zero-order valence-corrected chi connectivity index (χ0v) is 11.7. The van der Waals surface area contributed by atoms with Crippen LogP contribution in [-0.2, 0) is 6.54 Å². The molecule has 18 heavy (non-hydrogen) atoms. The van der Waals surface area contributed by atoms with Crippen LogP contribution in [0, 0.1) is 5.82 Å². The van der Waals surface area contributed by atoms with Crippen molar-refractivity contribution in [3.05, 3.63) is 57.0 Å². The number of hydrogen-bond donors (Lipinski definition) is 1. The molecular formula is C14H15ClFNS. The molecule has 4 heteroatoms. The number of benzene rings is 1. The second kappa shape index (κ2) is 6.32. The van der Waals surface area contributed by atoms with Gasteiger partial charge in [-0.25, -0.2) is 4.39 Å². The average molecular weight is 284 g/mol. The molecule has 0 fully saturated rings. The van der Waals surface area contributed by atoms with Crippen LogP contribution in [0.5, 0.6) is 0 Å². The maximum Gasteiger partial charge on any atom is 0.142 e. The summed E-state index contributed by atoms with van der Waals surface area (Å²) >= 11 is 7.40. The Morgan fingerprint density at radius 1 is 1.39 bits per heavy atom. The van der Waals surface area contributed by atoms with Crippen molar-refractivity contribution in [2.24, 2.45) is 0 Å². The quantitative estimate of drug-likeness (QED) is 0.832. The Bertz CT molecular complexity index is 499. The smallest absolute Gasteiger partial charge is 0.142 e. The van der Waals surface area contributed by atoms with Gasteiger partial charge in [0.1, 0.15) is 5.82 Å². The molecule has 0 aliphatic carbocycles. The van der Waals surface area contributed by atoms with Gasteiger partial charge in [-0.05, 0) is 35.6 Å². The van der Waals surface area contributed by atoms with Gasteiger partial charge in [0, 0.05) is 17.5 Å². The predicted molar refractivity (Wildman–Crippen MR) is 75.6 cm³/mol. The van der Waals surface area contributed by atoms with E-state index in [1.807, 2.05) is 12.1 Å². The van der Waals surface area contributed by atoms with Crippen LogP contribution in [0.25, 0.3) is 0 Å². The van der Waals surface area contributed by atoms with E-state index in [9.17, 15) is 4.39 Å². The molecule has 1 N–H and O–H groups in total. The van der Waals surface area contributed by atoms with Gasteiger partial charge in [-0.1, -0.05) is 30.7 Å². The van der Waals surface area contributed by atoms with E-state index in [4.69, 9.17) is 11.6 Å². The van der Waals surface area contributed by atoms with Crippen LogP contribution in [-0.4, -0.2) is 0 Å². The van der Waals surface area contributed by atoms with Crippen LogP contribution >= 0.6 is 22.9 Å². The van der Waals surface area contributed by atoms with Gasteiger partial charge in [0.05, 0.1) is 5.02 Å². The van der Waals surface area contributed by atoms with Gasteiger partial charge in [0.15, 0.2) is 0 Å². The number of halogens is 2. The average Bonchev–Trinajstić information content (AvgIpc) is 2.88. The molecule has 1 heterocycles. The monoisotopic (exact) mass is 283 g/mol. The molecule has 0 aliphatic heterocycles. The van der Waals surface area contributed by atoms with Crippen LogP contribution in [0.4, 0.5) is 4.39 Å². The van der Waals surface area contributed by atoms with Crippen LogP contribution in [0.3, 0.4) is 0 Å². The minimum absolute atomic E-state index is 0.170. The van der Waals surface area contributed by atoms with Gasteiger partial charge in [0.25, 0.3) is 0 Å². The minimum atomic E-state index is -0.361. The highest BCUT2D eigenvalue weighted by Gasteiger charge is 2.09. The maximum absolute atomic E-state index is 13.3. The summed E-state index contributed by atoms with van der Waals surface area (Å²) in [5.41, 5.74) is 0.909. The van der Waals surface area contributed by atoms with E-state index in [1.165, 1.54) is 10.9 Å². The first-order valence-corrected chi connectivity index (χ1v) is 7.17. The maximum atomic E-state index is 13.3. The normalized spacial score (nSPS) is 12.6. The summed E-state index contributed by atoms with van der Waals surface area (Å²) in [5.74, 6) is -0.361. The van der Waals surface area contributed by atoms with Crippen molar-refractivity contribution >= 4 is 22.9 Å². The van der Waals surface area contributed by atoms with Crippen molar-refractivity contribution < 1.29 is 4.39 Å². The highest BCUT2D eigenvalue weighted by molar-refractivity contribution is 7.10. The Kier molecular flexibility index (Phi) is 4.75. The second-order valence-electron chi connectivity index (χ2n) is 4.11. The minimum Gasteiger partial charge on any atom is -0.305 e. The first-order chi connectivity index (χ1) is 8.70. The third kappa shape index (κ3) is 3.31. The third-order valence-corrected chi connectivity index (χ3v) is 4.12. The lowest BCUT2D eigenvalue weighted by atomic mass is 10.1. The Morgan fingerprint density at radius 2 is 2.22 bits per heavy atom. The molecule has 2 aromatic rings. The summed E-state index contributed by atoms with van der Waals surface area (Å²) < 4.78 is 13.3. The Morgan fingerprint density at radius 3 is 2.83 bits per heavy atom. The van der Waals surface area contributed by atoms with Crippen molar-refractivity contribution in [3.63, 3.8) is 0 Å². The fraction of sp³-hybridized carbons (Fsp3) is 0.286. The van der Waals surface area contributed by atoms with E-state index in [0.29, 0.717) is 12.6 Å². The fourth-order valence-electron chi connectivity index (χ4n) is 1.83. The molecule has 1 atom stereocenters. The van der Waals surface area contributed by atoms with E-state index in [1.54, 1.807) is 17.4 Å². The molecule has 0 saturated heterocycles. The lowest BCUT2D eigenvalue weighted by Crippen LogP contribution is -2.19. The summed E-state index contributed by atoms with van der Waals surface area (Å²) in [6.45, 7) is 2.78. The number of nitrogens with one attached hydrogen (secondary N) is 1. The number of thiophene rings is 1. The van der Waals surface area contributed by atoms with Crippen molar-refractivity contribution in [1.29, 1.82) is 0 Å². The molecule has 0 bridgehead atoms. The van der Waals surface area contributed by atoms with Crippen molar-refractivity contribution in [2.75, 3.05) is 0 Å². The van der Waals surface area contributed by atoms with Gasteiger partial charge >= 0.3 is 0 Å². The van der Waals surface area contributed by atoms with Crippen LogP contribution in [0.1, 0.15) is 29.8 Å². The van der Waals surface area contributed by atoms with Gasteiger partial charge in [-0.15, -0.1) is 11.3 Å². The highest BCUT2D eigenvalue weighted by Crippen LogP contribution is 2.22. The summed E-state index contributed by atoms with van der Waals surface area (Å²) in [4.78, 5) is 1.31.